The third kappa shape index (κ3) is 3.33. The van der Waals surface area contributed by atoms with Crippen LogP contribution >= 0.6 is 11.8 Å². The van der Waals surface area contributed by atoms with E-state index in [1.165, 1.54) is 18.0 Å². The fraction of sp³-hybridized carbons (Fsp3) is 0.444. The predicted molar refractivity (Wildman–Crippen MR) is 60.1 cm³/mol. The molecule has 1 N–H and O–H groups in total. The quantitative estimate of drug-likeness (QED) is 0.473. The molecule has 1 rings (SSSR count). The standard InChI is InChI=1S/C7H9N3OS.C2H6/c1-8-6-5(4-11)3-9-7(10-6)12-2;1-2/h3-4H,1-2H3,(H,8,9,10);1-2H3. The molecule has 0 amide bonds. The summed E-state index contributed by atoms with van der Waals surface area (Å²) in [4.78, 5) is 18.5. The van der Waals surface area contributed by atoms with Crippen molar-refractivity contribution in [3.63, 3.8) is 0 Å². The van der Waals surface area contributed by atoms with Crippen molar-refractivity contribution in [2.75, 3.05) is 18.6 Å². The summed E-state index contributed by atoms with van der Waals surface area (Å²) in [6.45, 7) is 4.00. The van der Waals surface area contributed by atoms with Gasteiger partial charge in [-0.15, -0.1) is 0 Å². The number of aldehydes is 1. The molecule has 0 unspecified atom stereocenters. The lowest BCUT2D eigenvalue weighted by molar-refractivity contribution is 0.112. The van der Waals surface area contributed by atoms with Gasteiger partial charge in [-0.3, -0.25) is 4.79 Å². The first-order valence-corrected chi connectivity index (χ1v) is 5.58. The zero-order valence-corrected chi connectivity index (χ0v) is 9.68. The molecular formula is C9H15N3OS. The second-order valence-corrected chi connectivity index (χ2v) is 2.80. The molecule has 0 aliphatic carbocycles. The minimum Gasteiger partial charge on any atom is -0.372 e. The first-order chi connectivity index (χ1) is 6.81. The fourth-order valence-corrected chi connectivity index (χ4v) is 1.10. The number of thioether (sulfide) groups is 1. The van der Waals surface area contributed by atoms with Crippen molar-refractivity contribution >= 4 is 23.9 Å². The van der Waals surface area contributed by atoms with E-state index in [0.29, 0.717) is 16.5 Å². The summed E-state index contributed by atoms with van der Waals surface area (Å²) in [6.07, 6.45) is 4.13. The first-order valence-electron chi connectivity index (χ1n) is 4.35. The van der Waals surface area contributed by atoms with Crippen LogP contribution < -0.4 is 5.32 Å². The van der Waals surface area contributed by atoms with Crippen LogP contribution in [-0.2, 0) is 0 Å². The van der Waals surface area contributed by atoms with Crippen LogP contribution in [0.4, 0.5) is 5.82 Å². The highest BCUT2D eigenvalue weighted by Gasteiger charge is 2.02. The van der Waals surface area contributed by atoms with E-state index in [1.807, 2.05) is 20.1 Å². The Morgan fingerprint density at radius 1 is 1.50 bits per heavy atom. The van der Waals surface area contributed by atoms with E-state index >= 15 is 0 Å². The molecule has 1 aromatic rings. The zero-order valence-electron chi connectivity index (χ0n) is 8.87. The minimum absolute atomic E-state index is 0.482. The van der Waals surface area contributed by atoms with Gasteiger partial charge in [0.05, 0.1) is 5.56 Å². The molecule has 1 heterocycles. The number of carbonyl (C=O) groups excluding carboxylic acids is 1. The summed E-state index contributed by atoms with van der Waals surface area (Å²) in [7, 11) is 1.72. The van der Waals surface area contributed by atoms with Crippen LogP contribution in [0.25, 0.3) is 0 Å². The lowest BCUT2D eigenvalue weighted by Gasteiger charge is -2.02. The van der Waals surface area contributed by atoms with E-state index < -0.39 is 0 Å². The molecule has 0 atom stereocenters. The summed E-state index contributed by atoms with van der Waals surface area (Å²) in [5, 5.41) is 3.48. The Labute approximate surface area is 88.5 Å². The maximum atomic E-state index is 10.5. The number of nitrogens with one attached hydrogen (secondary N) is 1. The Bertz CT molecular complexity index is 291. The van der Waals surface area contributed by atoms with Gasteiger partial charge in [-0.1, -0.05) is 25.6 Å². The fourth-order valence-electron chi connectivity index (χ4n) is 0.760. The molecule has 0 radical (unpaired) electrons. The van der Waals surface area contributed by atoms with Crippen molar-refractivity contribution in [2.45, 2.75) is 19.0 Å². The maximum absolute atomic E-state index is 10.5. The Balaban J connectivity index is 0.000000791. The molecule has 0 bridgehead atoms. The summed E-state index contributed by atoms with van der Waals surface area (Å²) in [6, 6.07) is 0. The van der Waals surface area contributed by atoms with Crippen LogP contribution in [0, 0.1) is 0 Å². The van der Waals surface area contributed by atoms with Crippen molar-refractivity contribution in [3.8, 4) is 0 Å². The van der Waals surface area contributed by atoms with Crippen LogP contribution in [0.15, 0.2) is 11.4 Å². The van der Waals surface area contributed by atoms with Crippen LogP contribution in [0.1, 0.15) is 24.2 Å². The molecule has 0 spiro atoms. The largest absolute Gasteiger partial charge is 0.372 e. The third-order valence-electron chi connectivity index (χ3n) is 1.34. The smallest absolute Gasteiger partial charge is 0.189 e. The van der Waals surface area contributed by atoms with Crippen molar-refractivity contribution in [1.29, 1.82) is 0 Å². The molecule has 0 saturated carbocycles. The van der Waals surface area contributed by atoms with E-state index in [2.05, 4.69) is 15.3 Å². The number of anilines is 1. The van der Waals surface area contributed by atoms with Gasteiger partial charge in [0, 0.05) is 13.2 Å². The average molecular weight is 213 g/mol. The van der Waals surface area contributed by atoms with Gasteiger partial charge in [0.2, 0.25) is 0 Å². The normalized spacial score (nSPS) is 8.57. The lowest BCUT2D eigenvalue weighted by Crippen LogP contribution is -2.00. The van der Waals surface area contributed by atoms with Gasteiger partial charge in [0.25, 0.3) is 0 Å². The maximum Gasteiger partial charge on any atom is 0.189 e. The van der Waals surface area contributed by atoms with Gasteiger partial charge in [-0.25, -0.2) is 9.97 Å². The number of hydrogen-bond donors (Lipinski definition) is 1. The number of carbonyl (C=O) groups is 1. The van der Waals surface area contributed by atoms with Gasteiger partial charge in [0.15, 0.2) is 11.4 Å². The second kappa shape index (κ2) is 7.32. The SMILES string of the molecule is CC.CNc1nc(SC)ncc1C=O. The van der Waals surface area contributed by atoms with Gasteiger partial charge in [-0.2, -0.15) is 0 Å². The van der Waals surface area contributed by atoms with Gasteiger partial charge < -0.3 is 5.32 Å². The van der Waals surface area contributed by atoms with Gasteiger partial charge in [0.1, 0.15) is 5.82 Å². The van der Waals surface area contributed by atoms with Crippen molar-refractivity contribution in [3.05, 3.63) is 11.8 Å². The molecule has 0 saturated heterocycles. The Hall–Kier alpha value is -1.10. The van der Waals surface area contributed by atoms with E-state index in [0.717, 1.165) is 6.29 Å². The molecule has 4 nitrogen and oxygen atoms in total. The highest BCUT2D eigenvalue weighted by Crippen LogP contribution is 2.13. The molecule has 0 aliphatic rings. The number of rotatable bonds is 3. The Kier molecular flexibility index (Phi) is 6.74. The van der Waals surface area contributed by atoms with Gasteiger partial charge >= 0.3 is 0 Å². The molecule has 78 valence electrons. The van der Waals surface area contributed by atoms with Crippen molar-refractivity contribution in [1.82, 2.24) is 9.97 Å². The number of hydrogen-bond acceptors (Lipinski definition) is 5. The average Bonchev–Trinajstić information content (AvgIpc) is 2.30. The second-order valence-electron chi connectivity index (χ2n) is 2.03. The summed E-state index contributed by atoms with van der Waals surface area (Å²) >= 11 is 1.44. The Morgan fingerprint density at radius 2 is 2.14 bits per heavy atom. The van der Waals surface area contributed by atoms with Gasteiger partial charge in [-0.05, 0) is 6.26 Å². The molecular weight excluding hydrogens is 198 g/mol. The number of nitrogens with zero attached hydrogens (tertiary/aromatic N) is 2. The molecule has 0 fully saturated rings. The van der Waals surface area contributed by atoms with Crippen molar-refractivity contribution in [2.24, 2.45) is 0 Å². The molecule has 1 aromatic heterocycles. The Morgan fingerprint density at radius 3 is 2.57 bits per heavy atom. The predicted octanol–water partition coefficient (Wildman–Crippen LogP) is 2.08. The van der Waals surface area contributed by atoms with E-state index in [1.54, 1.807) is 7.05 Å². The first kappa shape index (κ1) is 12.9. The monoisotopic (exact) mass is 213 g/mol. The highest BCUT2D eigenvalue weighted by molar-refractivity contribution is 7.98. The number of aromatic nitrogens is 2. The van der Waals surface area contributed by atoms with Crippen LogP contribution in [0.5, 0.6) is 0 Å². The molecule has 0 aromatic carbocycles. The van der Waals surface area contributed by atoms with Crippen LogP contribution in [-0.4, -0.2) is 29.6 Å². The zero-order chi connectivity index (χ0) is 11.0. The van der Waals surface area contributed by atoms with Crippen LogP contribution in [0.3, 0.4) is 0 Å². The van der Waals surface area contributed by atoms with E-state index in [9.17, 15) is 4.79 Å². The molecule has 5 heteroatoms. The minimum atomic E-state index is 0.482. The highest BCUT2D eigenvalue weighted by atomic mass is 32.2. The summed E-state index contributed by atoms with van der Waals surface area (Å²) in [5.41, 5.74) is 0.482. The van der Waals surface area contributed by atoms with Crippen molar-refractivity contribution < 1.29 is 4.79 Å². The van der Waals surface area contributed by atoms with E-state index in [4.69, 9.17) is 0 Å². The summed E-state index contributed by atoms with van der Waals surface area (Å²) in [5.74, 6) is 0.573. The lowest BCUT2D eigenvalue weighted by atomic mass is 10.3. The third-order valence-corrected chi connectivity index (χ3v) is 1.90. The summed E-state index contributed by atoms with van der Waals surface area (Å²) < 4.78 is 0. The topological polar surface area (TPSA) is 54.9 Å². The molecule has 14 heavy (non-hydrogen) atoms. The van der Waals surface area contributed by atoms with Crippen LogP contribution in [0.2, 0.25) is 0 Å². The van der Waals surface area contributed by atoms with E-state index in [-0.39, 0.29) is 0 Å². The molecule has 0 aliphatic heterocycles.